The third-order valence-corrected chi connectivity index (χ3v) is 9.03. The Balaban J connectivity index is 3.02. The highest BCUT2D eigenvalue weighted by Crippen LogP contribution is 2.61. The SMILES string of the molecule is O=S1(=O)C(c2cc(C(F)(F)F)cc(C(F)(F)F)c2)S(=O)(=O)C(F)(F)C(F)(F)C1(F)F. The maximum atomic E-state index is 13.7. The minimum absolute atomic E-state index is 0.698. The topological polar surface area (TPSA) is 68.3 Å². The Bertz CT molecular complexity index is 1000. The molecule has 1 saturated heterocycles. The number of hydrogen-bond acceptors (Lipinski definition) is 4. The zero-order valence-electron chi connectivity index (χ0n) is 13.3. The molecule has 0 bridgehead atoms. The third-order valence-electron chi connectivity index (χ3n) is 3.89. The molecule has 4 nitrogen and oxygen atoms in total. The van der Waals surface area contributed by atoms with Crippen LogP contribution in [0.4, 0.5) is 52.7 Å². The van der Waals surface area contributed by atoms with Crippen LogP contribution in [-0.4, -0.2) is 33.3 Å². The number of halogens is 12. The zero-order valence-corrected chi connectivity index (χ0v) is 14.9. The predicted molar refractivity (Wildman–Crippen MR) is 71.9 cm³/mol. The van der Waals surface area contributed by atoms with Crippen molar-refractivity contribution >= 4 is 19.7 Å². The summed E-state index contributed by atoms with van der Waals surface area (Å²) < 4.78 is 201. The molecule has 0 radical (unpaired) electrons. The summed E-state index contributed by atoms with van der Waals surface area (Å²) in [6, 6.07) is -2.19. The van der Waals surface area contributed by atoms with E-state index in [4.69, 9.17) is 0 Å². The van der Waals surface area contributed by atoms with Crippen LogP contribution in [0.25, 0.3) is 0 Å². The summed E-state index contributed by atoms with van der Waals surface area (Å²) in [7, 11) is -14.7. The van der Waals surface area contributed by atoms with Crippen molar-refractivity contribution in [3.63, 3.8) is 0 Å². The van der Waals surface area contributed by atoms with Gasteiger partial charge in [-0.3, -0.25) is 0 Å². The van der Waals surface area contributed by atoms with Gasteiger partial charge in [-0.15, -0.1) is 0 Å². The van der Waals surface area contributed by atoms with E-state index in [9.17, 15) is 69.5 Å². The average Bonchev–Trinajstić information content (AvgIpc) is 2.50. The molecule has 172 valence electrons. The van der Waals surface area contributed by atoms with Crippen LogP contribution in [0.1, 0.15) is 21.3 Å². The number of benzene rings is 1. The molecule has 0 saturated carbocycles. The first-order valence-electron chi connectivity index (χ1n) is 6.83. The molecule has 1 aliphatic rings. The van der Waals surface area contributed by atoms with Crippen LogP contribution in [0.15, 0.2) is 18.2 Å². The summed E-state index contributed by atoms with van der Waals surface area (Å²) >= 11 is 0. The average molecular weight is 504 g/mol. The van der Waals surface area contributed by atoms with Gasteiger partial charge in [-0.25, -0.2) is 16.8 Å². The second kappa shape index (κ2) is 6.17. The molecule has 0 spiro atoms. The van der Waals surface area contributed by atoms with Crippen LogP contribution in [0, 0.1) is 0 Å². The van der Waals surface area contributed by atoms with Gasteiger partial charge in [0.1, 0.15) is 0 Å². The molecule has 0 unspecified atom stereocenters. The third kappa shape index (κ3) is 3.04. The van der Waals surface area contributed by atoms with Crippen LogP contribution in [0.2, 0.25) is 0 Å². The number of alkyl halides is 12. The highest BCUT2D eigenvalue weighted by atomic mass is 32.3. The molecule has 1 aromatic carbocycles. The molecule has 1 aliphatic heterocycles. The van der Waals surface area contributed by atoms with Crippen molar-refractivity contribution in [3.8, 4) is 0 Å². The molecular formula is C12H4F12O4S2. The van der Waals surface area contributed by atoms with Gasteiger partial charge in [0.15, 0.2) is 0 Å². The molecule has 30 heavy (non-hydrogen) atoms. The van der Waals surface area contributed by atoms with Crippen molar-refractivity contribution in [3.05, 3.63) is 34.9 Å². The van der Waals surface area contributed by atoms with E-state index in [0.717, 1.165) is 0 Å². The molecule has 18 heteroatoms. The van der Waals surface area contributed by atoms with E-state index in [2.05, 4.69) is 0 Å². The Morgan fingerprint density at radius 1 is 0.633 bits per heavy atom. The van der Waals surface area contributed by atoms with Gasteiger partial charge in [0.05, 0.1) is 11.1 Å². The van der Waals surface area contributed by atoms with Crippen LogP contribution in [-0.2, 0) is 32.0 Å². The smallest absolute Gasteiger partial charge is 0.221 e. The zero-order chi connectivity index (χ0) is 23.9. The summed E-state index contributed by atoms with van der Waals surface area (Å²) in [6.45, 7) is 0. The minimum atomic E-state index is -7.35. The van der Waals surface area contributed by atoms with Gasteiger partial charge in [-0.2, -0.15) is 52.7 Å². The second-order valence-electron chi connectivity index (χ2n) is 5.87. The van der Waals surface area contributed by atoms with E-state index in [1.54, 1.807) is 0 Å². The molecule has 0 atom stereocenters. The molecule has 1 aromatic rings. The lowest BCUT2D eigenvalue weighted by molar-refractivity contribution is -0.246. The Morgan fingerprint density at radius 3 is 1.20 bits per heavy atom. The molecule has 0 aromatic heterocycles. The first-order chi connectivity index (χ1) is 12.9. The quantitative estimate of drug-likeness (QED) is 0.533. The van der Waals surface area contributed by atoms with Gasteiger partial charge in [-0.1, -0.05) is 0 Å². The maximum absolute atomic E-state index is 13.7. The van der Waals surface area contributed by atoms with E-state index in [1.807, 2.05) is 0 Å². The lowest BCUT2D eigenvalue weighted by Gasteiger charge is -2.39. The van der Waals surface area contributed by atoms with Crippen LogP contribution in [0.3, 0.4) is 0 Å². The first kappa shape index (κ1) is 24.5. The van der Waals surface area contributed by atoms with Gasteiger partial charge < -0.3 is 0 Å². The van der Waals surface area contributed by atoms with E-state index >= 15 is 0 Å². The minimum Gasteiger partial charge on any atom is -0.221 e. The van der Waals surface area contributed by atoms with Crippen molar-refractivity contribution < 1.29 is 69.5 Å². The Morgan fingerprint density at radius 2 is 0.933 bits per heavy atom. The largest absolute Gasteiger partial charge is 0.416 e. The van der Waals surface area contributed by atoms with Gasteiger partial charge in [-0.05, 0) is 23.8 Å². The number of hydrogen-bond donors (Lipinski definition) is 0. The van der Waals surface area contributed by atoms with Gasteiger partial charge >= 0.3 is 28.8 Å². The maximum Gasteiger partial charge on any atom is 0.416 e. The standard InChI is InChI=1S/C12H4F12O4S2/c13-8(14,15)5-1-4(2-6(3-5)9(16,17)18)7-29(25,26)11(21,22)10(19,20)12(23,24)30(7,27)28/h1-3,7H. The van der Waals surface area contributed by atoms with E-state index < -0.39 is 87.9 Å². The fourth-order valence-electron chi connectivity index (χ4n) is 2.44. The Kier molecular flexibility index (Phi) is 5.05. The summed E-state index contributed by atoms with van der Waals surface area (Å²) in [5.74, 6) is -7.08. The Hall–Kier alpha value is -1.72. The highest BCUT2D eigenvalue weighted by molar-refractivity contribution is 8.10. The van der Waals surface area contributed by atoms with Crippen LogP contribution in [0.5, 0.6) is 0 Å². The first-order valence-corrected chi connectivity index (χ1v) is 9.93. The van der Waals surface area contributed by atoms with Crippen LogP contribution < -0.4 is 0 Å². The molecule has 2 rings (SSSR count). The molecule has 0 N–H and O–H groups in total. The summed E-state index contributed by atoms with van der Waals surface area (Å²) in [5, 5.41) is -13.7. The van der Waals surface area contributed by atoms with Crippen molar-refractivity contribution in [2.24, 2.45) is 0 Å². The van der Waals surface area contributed by atoms with Gasteiger partial charge in [0.2, 0.25) is 24.3 Å². The van der Waals surface area contributed by atoms with Gasteiger partial charge in [0.25, 0.3) is 0 Å². The molecular weight excluding hydrogens is 500 g/mol. The monoisotopic (exact) mass is 504 g/mol. The van der Waals surface area contributed by atoms with Crippen molar-refractivity contribution in [1.29, 1.82) is 0 Å². The van der Waals surface area contributed by atoms with Crippen LogP contribution >= 0.6 is 0 Å². The molecule has 1 fully saturated rings. The summed E-state index contributed by atoms with van der Waals surface area (Å²) in [5.41, 5.74) is -7.28. The van der Waals surface area contributed by atoms with Crippen molar-refractivity contribution in [1.82, 2.24) is 0 Å². The number of sulfone groups is 2. The molecule has 0 aliphatic carbocycles. The van der Waals surface area contributed by atoms with Crippen molar-refractivity contribution in [2.75, 3.05) is 0 Å². The van der Waals surface area contributed by atoms with E-state index in [0.29, 0.717) is 0 Å². The Labute approximate surface area is 158 Å². The normalized spacial score (nSPS) is 25.1. The lowest BCUT2D eigenvalue weighted by atomic mass is 10.1. The van der Waals surface area contributed by atoms with E-state index in [1.165, 1.54) is 0 Å². The second-order valence-corrected chi connectivity index (χ2v) is 10.3. The fraction of sp³-hybridized carbons (Fsp3) is 0.500. The fourth-order valence-corrected chi connectivity index (χ4v) is 7.06. The summed E-state index contributed by atoms with van der Waals surface area (Å²) in [6.07, 6.45) is -11.5. The predicted octanol–water partition coefficient (Wildman–Crippen LogP) is 4.39. The lowest BCUT2D eigenvalue weighted by Crippen LogP contribution is -2.67. The highest BCUT2D eigenvalue weighted by Gasteiger charge is 2.88. The summed E-state index contributed by atoms with van der Waals surface area (Å²) in [4.78, 5) is 0. The van der Waals surface area contributed by atoms with Crippen molar-refractivity contribution in [2.45, 2.75) is 33.4 Å². The van der Waals surface area contributed by atoms with Gasteiger partial charge in [0, 0.05) is 0 Å². The molecule has 1 heterocycles. The molecule has 0 amide bonds. The van der Waals surface area contributed by atoms with E-state index in [-0.39, 0.29) is 0 Å². The number of rotatable bonds is 1.